The van der Waals surface area contributed by atoms with Gasteiger partial charge < -0.3 is 9.64 Å². The van der Waals surface area contributed by atoms with Crippen LogP contribution in [0.25, 0.3) is 0 Å². The van der Waals surface area contributed by atoms with Gasteiger partial charge in [0, 0.05) is 18.0 Å². The first-order valence-electron chi connectivity index (χ1n) is 8.07. The Morgan fingerprint density at radius 1 is 1.27 bits per heavy atom. The van der Waals surface area contributed by atoms with Gasteiger partial charge in [-0.2, -0.15) is 0 Å². The number of nitrogens with zero attached hydrogens (tertiary/aromatic N) is 1. The number of fused-ring (bicyclic) bond motifs is 1. The molecular weight excluding hydrogens is 298 g/mol. The van der Waals surface area contributed by atoms with Crippen molar-refractivity contribution in [3.8, 4) is 0 Å². The van der Waals surface area contributed by atoms with Gasteiger partial charge in [-0.1, -0.05) is 6.92 Å². The van der Waals surface area contributed by atoms with Gasteiger partial charge >= 0.3 is 5.97 Å². The summed E-state index contributed by atoms with van der Waals surface area (Å²) in [5.74, 6) is 0.662. The zero-order valence-corrected chi connectivity index (χ0v) is 14.1. The van der Waals surface area contributed by atoms with Crippen LogP contribution < -0.4 is 0 Å². The average Bonchev–Trinajstić information content (AvgIpc) is 2.96. The van der Waals surface area contributed by atoms with Gasteiger partial charge in [-0.15, -0.1) is 11.3 Å². The van der Waals surface area contributed by atoms with Crippen LogP contribution in [0.5, 0.6) is 0 Å². The molecule has 1 amide bonds. The number of rotatable bonds is 2. The second-order valence-corrected chi connectivity index (χ2v) is 7.63. The minimum atomic E-state index is -0.146. The highest BCUT2D eigenvalue weighted by Gasteiger charge is 2.29. The van der Waals surface area contributed by atoms with Gasteiger partial charge in [0.15, 0.2) is 0 Å². The summed E-state index contributed by atoms with van der Waals surface area (Å²) in [5.41, 5.74) is 1.37. The molecule has 1 fully saturated rings. The van der Waals surface area contributed by atoms with E-state index in [0.717, 1.165) is 23.6 Å². The number of hydrogen-bond donors (Lipinski definition) is 0. The summed E-state index contributed by atoms with van der Waals surface area (Å²) in [5, 5.41) is 0. The highest BCUT2D eigenvalue weighted by molar-refractivity contribution is 7.14. The average molecular weight is 321 g/mol. The summed E-state index contributed by atoms with van der Waals surface area (Å²) >= 11 is 1.67. The Hall–Kier alpha value is -1.36. The molecule has 2 aliphatic rings. The monoisotopic (exact) mass is 321 g/mol. The number of thiophene rings is 1. The summed E-state index contributed by atoms with van der Waals surface area (Å²) in [6, 6.07) is 2.10. The Morgan fingerprint density at radius 3 is 2.68 bits per heavy atom. The maximum absolute atomic E-state index is 12.7. The lowest BCUT2D eigenvalue weighted by Gasteiger charge is -2.30. The minimum absolute atomic E-state index is 0.0496. The molecule has 22 heavy (non-hydrogen) atoms. The van der Waals surface area contributed by atoms with E-state index >= 15 is 0 Å². The van der Waals surface area contributed by atoms with Gasteiger partial charge in [0.1, 0.15) is 0 Å². The van der Waals surface area contributed by atoms with E-state index in [1.807, 2.05) is 4.90 Å². The van der Waals surface area contributed by atoms with Crippen molar-refractivity contribution in [3.63, 3.8) is 0 Å². The van der Waals surface area contributed by atoms with Crippen LogP contribution in [0.1, 0.15) is 46.3 Å². The molecule has 1 aliphatic carbocycles. The molecule has 0 radical (unpaired) electrons. The van der Waals surface area contributed by atoms with E-state index in [1.165, 1.54) is 24.0 Å². The molecule has 0 bridgehead atoms. The standard InChI is InChI=1S/C17H23NO3S/c1-11-3-4-14-13(9-11)10-15(22-14)16(19)18-7-5-12(6-8-18)17(20)21-2/h10-12H,3-9H2,1-2H3. The predicted octanol–water partition coefficient (Wildman–Crippen LogP) is 2.90. The Labute approximate surface area is 135 Å². The van der Waals surface area contributed by atoms with Crippen molar-refractivity contribution in [2.75, 3.05) is 20.2 Å². The molecule has 1 atom stereocenters. The van der Waals surface area contributed by atoms with Gasteiger partial charge in [-0.05, 0) is 49.7 Å². The van der Waals surface area contributed by atoms with Gasteiger partial charge in [0.2, 0.25) is 0 Å². The molecule has 4 nitrogen and oxygen atoms in total. The van der Waals surface area contributed by atoms with E-state index < -0.39 is 0 Å². The van der Waals surface area contributed by atoms with Gasteiger partial charge in [-0.25, -0.2) is 0 Å². The molecular formula is C17H23NO3S. The number of amides is 1. The van der Waals surface area contributed by atoms with Crippen LogP contribution in [-0.2, 0) is 22.4 Å². The van der Waals surface area contributed by atoms with Crippen molar-refractivity contribution in [2.24, 2.45) is 11.8 Å². The highest BCUT2D eigenvalue weighted by atomic mass is 32.1. The van der Waals surface area contributed by atoms with Gasteiger partial charge in [-0.3, -0.25) is 9.59 Å². The Morgan fingerprint density at radius 2 is 2.00 bits per heavy atom. The molecule has 2 heterocycles. The highest BCUT2D eigenvalue weighted by Crippen LogP contribution is 2.33. The van der Waals surface area contributed by atoms with Crippen LogP contribution in [0, 0.1) is 11.8 Å². The van der Waals surface area contributed by atoms with Crippen LogP contribution in [0.3, 0.4) is 0 Å². The fourth-order valence-corrected chi connectivity index (χ4v) is 4.63. The maximum atomic E-state index is 12.7. The molecule has 1 unspecified atom stereocenters. The lowest BCUT2D eigenvalue weighted by atomic mass is 9.90. The Kier molecular flexibility index (Phi) is 4.52. The molecule has 3 rings (SSSR count). The topological polar surface area (TPSA) is 46.6 Å². The van der Waals surface area contributed by atoms with Crippen molar-refractivity contribution < 1.29 is 14.3 Å². The van der Waals surface area contributed by atoms with Crippen molar-refractivity contribution in [1.29, 1.82) is 0 Å². The van der Waals surface area contributed by atoms with Crippen LogP contribution in [0.2, 0.25) is 0 Å². The number of piperidine rings is 1. The SMILES string of the molecule is COC(=O)C1CCN(C(=O)c2cc3c(s2)CCC(C)C3)CC1. The predicted molar refractivity (Wildman–Crippen MR) is 86.2 cm³/mol. The summed E-state index contributed by atoms with van der Waals surface area (Å²) in [4.78, 5) is 28.4. The first-order chi connectivity index (χ1) is 10.6. The van der Waals surface area contributed by atoms with Crippen LogP contribution >= 0.6 is 11.3 Å². The lowest BCUT2D eigenvalue weighted by molar-refractivity contribution is -0.146. The molecule has 0 saturated carbocycles. The van der Waals surface area contributed by atoms with Crippen LogP contribution in [0.15, 0.2) is 6.07 Å². The van der Waals surface area contributed by atoms with Crippen LogP contribution in [-0.4, -0.2) is 37.0 Å². The fourth-order valence-electron chi connectivity index (χ4n) is 3.45. The zero-order chi connectivity index (χ0) is 15.7. The van der Waals surface area contributed by atoms with E-state index in [1.54, 1.807) is 11.3 Å². The van der Waals surface area contributed by atoms with Crippen molar-refractivity contribution in [1.82, 2.24) is 4.90 Å². The molecule has 5 heteroatoms. The Balaban J connectivity index is 1.64. The second-order valence-electron chi connectivity index (χ2n) is 6.50. The van der Waals surface area contributed by atoms with Gasteiger partial charge in [0.25, 0.3) is 5.91 Å². The number of carbonyl (C=O) groups excluding carboxylic acids is 2. The number of methoxy groups -OCH3 is 1. The van der Waals surface area contributed by atoms with E-state index in [0.29, 0.717) is 25.9 Å². The minimum Gasteiger partial charge on any atom is -0.469 e. The summed E-state index contributed by atoms with van der Waals surface area (Å²) in [6.07, 6.45) is 4.86. The zero-order valence-electron chi connectivity index (χ0n) is 13.3. The Bertz CT molecular complexity index is 572. The second kappa shape index (κ2) is 6.41. The number of esters is 1. The smallest absolute Gasteiger partial charge is 0.308 e. The fraction of sp³-hybridized carbons (Fsp3) is 0.647. The third-order valence-corrected chi connectivity index (χ3v) is 6.08. The number of ether oxygens (including phenoxy) is 1. The molecule has 1 aliphatic heterocycles. The number of aryl methyl sites for hydroxylation is 1. The number of likely N-dealkylation sites (tertiary alicyclic amines) is 1. The number of hydrogen-bond acceptors (Lipinski definition) is 4. The van der Waals surface area contributed by atoms with E-state index in [2.05, 4.69) is 13.0 Å². The van der Waals surface area contributed by atoms with E-state index in [4.69, 9.17) is 4.74 Å². The first kappa shape index (κ1) is 15.5. The van der Waals surface area contributed by atoms with Crippen molar-refractivity contribution >= 4 is 23.2 Å². The van der Waals surface area contributed by atoms with E-state index in [9.17, 15) is 9.59 Å². The number of carbonyl (C=O) groups is 2. The first-order valence-corrected chi connectivity index (χ1v) is 8.88. The van der Waals surface area contributed by atoms with Crippen molar-refractivity contribution in [3.05, 3.63) is 21.4 Å². The largest absolute Gasteiger partial charge is 0.469 e. The quantitative estimate of drug-likeness (QED) is 0.787. The summed E-state index contributed by atoms with van der Waals surface area (Å²) < 4.78 is 4.79. The molecule has 0 N–H and O–H groups in total. The normalized spacial score (nSPS) is 22.3. The molecule has 120 valence electrons. The summed E-state index contributed by atoms with van der Waals surface area (Å²) in [7, 11) is 1.43. The van der Waals surface area contributed by atoms with Gasteiger partial charge in [0.05, 0.1) is 17.9 Å². The van der Waals surface area contributed by atoms with Crippen LogP contribution in [0.4, 0.5) is 0 Å². The molecule has 0 aromatic carbocycles. The molecule has 0 spiro atoms. The van der Waals surface area contributed by atoms with E-state index in [-0.39, 0.29) is 17.8 Å². The maximum Gasteiger partial charge on any atom is 0.308 e. The third kappa shape index (κ3) is 3.05. The molecule has 1 aromatic rings. The summed E-state index contributed by atoms with van der Waals surface area (Å²) in [6.45, 7) is 3.58. The van der Waals surface area contributed by atoms with Crippen molar-refractivity contribution in [2.45, 2.75) is 39.0 Å². The third-order valence-electron chi connectivity index (χ3n) is 4.86. The lowest BCUT2D eigenvalue weighted by Crippen LogP contribution is -2.40. The molecule has 1 aromatic heterocycles. The molecule has 1 saturated heterocycles.